The molecule has 0 aliphatic carbocycles. The lowest BCUT2D eigenvalue weighted by Gasteiger charge is -2.20. The molecule has 1 aromatic heterocycles. The number of nitrogens with zero attached hydrogens (tertiary/aromatic N) is 2. The number of likely N-dealkylation sites (N-methyl/N-ethyl adjacent to an activating group) is 1. The molecule has 8 heteroatoms. The van der Waals surface area contributed by atoms with Crippen LogP contribution in [0.3, 0.4) is 0 Å². The van der Waals surface area contributed by atoms with E-state index in [4.69, 9.17) is 0 Å². The van der Waals surface area contributed by atoms with Crippen LogP contribution in [0.1, 0.15) is 20.9 Å². The van der Waals surface area contributed by atoms with Gasteiger partial charge in [-0.3, -0.25) is 10.1 Å². The van der Waals surface area contributed by atoms with Gasteiger partial charge in [0.1, 0.15) is 0 Å². The molecule has 1 aromatic carbocycles. The fourth-order valence-corrected chi connectivity index (χ4v) is 4.16. The number of carbonyl (C=O) groups excluding carboxylic acids is 1. The van der Waals surface area contributed by atoms with Gasteiger partial charge in [-0.1, -0.05) is 6.07 Å². The van der Waals surface area contributed by atoms with Gasteiger partial charge in [0, 0.05) is 36.2 Å². The number of hydrogen-bond donors (Lipinski definition) is 1. The molecule has 6 nitrogen and oxygen atoms in total. The number of thiazole rings is 1. The molecule has 2 aromatic rings. The van der Waals surface area contributed by atoms with Crippen LogP contribution in [-0.4, -0.2) is 44.1 Å². The number of rotatable bonds is 3. The maximum Gasteiger partial charge on any atom is 0.257 e. The second-order valence-electron chi connectivity index (χ2n) is 5.63. The van der Waals surface area contributed by atoms with Crippen molar-refractivity contribution in [3.05, 3.63) is 40.4 Å². The Kier molecular flexibility index (Phi) is 4.22. The third-order valence-electron chi connectivity index (χ3n) is 3.67. The maximum absolute atomic E-state index is 12.3. The first-order valence-corrected chi connectivity index (χ1v) is 9.82. The number of aromatic nitrogens is 1. The molecule has 0 saturated heterocycles. The molecule has 0 fully saturated rings. The summed E-state index contributed by atoms with van der Waals surface area (Å²) >= 11 is 1.47. The second kappa shape index (κ2) is 6.03. The van der Waals surface area contributed by atoms with Crippen LogP contribution in [0.15, 0.2) is 29.2 Å². The largest absolute Gasteiger partial charge is 0.301 e. The average Bonchev–Trinajstić information content (AvgIpc) is 2.87. The van der Waals surface area contributed by atoms with Gasteiger partial charge in [-0.05, 0) is 25.2 Å². The first-order chi connectivity index (χ1) is 10.8. The molecule has 0 bridgehead atoms. The van der Waals surface area contributed by atoms with Crippen LogP contribution in [0.5, 0.6) is 0 Å². The van der Waals surface area contributed by atoms with Crippen molar-refractivity contribution in [2.45, 2.75) is 17.9 Å². The number of nitrogens with one attached hydrogen (secondary N) is 1. The van der Waals surface area contributed by atoms with E-state index >= 15 is 0 Å². The van der Waals surface area contributed by atoms with Crippen LogP contribution >= 0.6 is 11.3 Å². The zero-order valence-electron chi connectivity index (χ0n) is 12.9. The molecule has 0 spiro atoms. The molecule has 1 amide bonds. The molecule has 0 unspecified atom stereocenters. The summed E-state index contributed by atoms with van der Waals surface area (Å²) in [6.07, 6.45) is 2.00. The van der Waals surface area contributed by atoms with E-state index in [0.29, 0.717) is 10.7 Å². The fraction of sp³-hybridized carbons (Fsp3) is 0.333. The van der Waals surface area contributed by atoms with Gasteiger partial charge in [0.15, 0.2) is 15.0 Å². The Morgan fingerprint density at radius 1 is 1.39 bits per heavy atom. The Hall–Kier alpha value is -1.77. The number of anilines is 1. The highest BCUT2D eigenvalue weighted by Crippen LogP contribution is 2.28. The molecular weight excluding hydrogens is 334 g/mol. The first-order valence-electron chi connectivity index (χ1n) is 7.11. The van der Waals surface area contributed by atoms with Gasteiger partial charge in [-0.2, -0.15) is 0 Å². The summed E-state index contributed by atoms with van der Waals surface area (Å²) in [5.41, 5.74) is 1.34. The lowest BCUT2D eigenvalue weighted by Crippen LogP contribution is -2.25. The van der Waals surface area contributed by atoms with Crippen LogP contribution in [0.4, 0.5) is 5.13 Å². The van der Waals surface area contributed by atoms with Crippen molar-refractivity contribution in [1.82, 2.24) is 9.88 Å². The van der Waals surface area contributed by atoms with E-state index < -0.39 is 9.84 Å². The molecule has 1 aliphatic rings. The topological polar surface area (TPSA) is 79.4 Å². The zero-order valence-corrected chi connectivity index (χ0v) is 14.5. The van der Waals surface area contributed by atoms with Crippen LogP contribution < -0.4 is 5.32 Å². The second-order valence-corrected chi connectivity index (χ2v) is 8.73. The summed E-state index contributed by atoms with van der Waals surface area (Å²) in [6, 6.07) is 6.01. The summed E-state index contributed by atoms with van der Waals surface area (Å²) in [5.74, 6) is -0.352. The van der Waals surface area contributed by atoms with E-state index in [1.165, 1.54) is 28.3 Å². The van der Waals surface area contributed by atoms with E-state index in [-0.39, 0.29) is 10.8 Å². The van der Waals surface area contributed by atoms with Crippen molar-refractivity contribution in [3.8, 4) is 0 Å². The smallest absolute Gasteiger partial charge is 0.257 e. The molecule has 1 N–H and O–H groups in total. The highest BCUT2D eigenvalue weighted by molar-refractivity contribution is 7.90. The maximum atomic E-state index is 12.3. The molecule has 1 aliphatic heterocycles. The van der Waals surface area contributed by atoms with Crippen molar-refractivity contribution in [1.29, 1.82) is 0 Å². The molecule has 0 atom stereocenters. The van der Waals surface area contributed by atoms with Crippen molar-refractivity contribution in [3.63, 3.8) is 0 Å². The molecule has 0 radical (unpaired) electrons. The Bertz CT molecular complexity index is 859. The van der Waals surface area contributed by atoms with Crippen LogP contribution in [-0.2, 0) is 22.8 Å². The highest BCUT2D eigenvalue weighted by Gasteiger charge is 2.19. The van der Waals surface area contributed by atoms with E-state index in [0.717, 1.165) is 31.5 Å². The summed E-state index contributed by atoms with van der Waals surface area (Å²) in [7, 11) is -1.29. The van der Waals surface area contributed by atoms with Gasteiger partial charge in [-0.15, -0.1) is 11.3 Å². The van der Waals surface area contributed by atoms with Crippen LogP contribution in [0, 0.1) is 0 Å². The Morgan fingerprint density at radius 3 is 2.91 bits per heavy atom. The SMILES string of the molecule is CN1CCc2nc(NC(=O)c3cccc(S(C)(=O)=O)c3)sc2C1. The van der Waals surface area contributed by atoms with E-state index in [9.17, 15) is 13.2 Å². The Labute approximate surface area is 139 Å². The minimum Gasteiger partial charge on any atom is -0.301 e. The minimum absolute atomic E-state index is 0.130. The number of fused-ring (bicyclic) bond motifs is 1. The van der Waals surface area contributed by atoms with Gasteiger partial charge in [0.25, 0.3) is 5.91 Å². The predicted octanol–water partition coefficient (Wildman–Crippen LogP) is 1.79. The highest BCUT2D eigenvalue weighted by atomic mass is 32.2. The quantitative estimate of drug-likeness (QED) is 0.912. The monoisotopic (exact) mass is 351 g/mol. The third kappa shape index (κ3) is 3.60. The lowest BCUT2D eigenvalue weighted by atomic mass is 10.2. The average molecular weight is 351 g/mol. The van der Waals surface area contributed by atoms with Crippen LogP contribution in [0.25, 0.3) is 0 Å². The third-order valence-corrected chi connectivity index (χ3v) is 5.78. The van der Waals surface area contributed by atoms with Crippen LogP contribution in [0.2, 0.25) is 0 Å². The molecule has 122 valence electrons. The van der Waals surface area contributed by atoms with Gasteiger partial charge >= 0.3 is 0 Å². The predicted molar refractivity (Wildman–Crippen MR) is 89.7 cm³/mol. The van der Waals surface area contributed by atoms with E-state index in [1.54, 1.807) is 12.1 Å². The van der Waals surface area contributed by atoms with Crippen molar-refractivity contribution >= 4 is 32.2 Å². The van der Waals surface area contributed by atoms with Gasteiger partial charge in [-0.25, -0.2) is 13.4 Å². The van der Waals surface area contributed by atoms with Gasteiger partial charge in [0.2, 0.25) is 0 Å². The lowest BCUT2D eigenvalue weighted by molar-refractivity contribution is 0.102. The summed E-state index contributed by atoms with van der Waals surface area (Å²) in [4.78, 5) is 20.3. The Morgan fingerprint density at radius 2 is 2.17 bits per heavy atom. The van der Waals surface area contributed by atoms with Crippen molar-refractivity contribution < 1.29 is 13.2 Å². The number of benzene rings is 1. The van der Waals surface area contributed by atoms with Crippen molar-refractivity contribution in [2.24, 2.45) is 0 Å². The number of amides is 1. The van der Waals surface area contributed by atoms with E-state index in [2.05, 4.69) is 22.2 Å². The zero-order chi connectivity index (χ0) is 16.6. The summed E-state index contributed by atoms with van der Waals surface area (Å²) in [6.45, 7) is 1.80. The minimum atomic E-state index is -3.34. The van der Waals surface area contributed by atoms with Crippen molar-refractivity contribution in [2.75, 3.05) is 25.2 Å². The Balaban J connectivity index is 1.80. The van der Waals surface area contributed by atoms with Gasteiger partial charge in [0.05, 0.1) is 10.6 Å². The molecule has 0 saturated carbocycles. The number of hydrogen-bond acceptors (Lipinski definition) is 6. The molecule has 3 rings (SSSR count). The number of sulfone groups is 1. The summed E-state index contributed by atoms with van der Waals surface area (Å²) in [5, 5.41) is 3.32. The fourth-order valence-electron chi connectivity index (χ4n) is 2.41. The molecule has 2 heterocycles. The van der Waals surface area contributed by atoms with E-state index in [1.807, 2.05) is 0 Å². The summed E-state index contributed by atoms with van der Waals surface area (Å²) < 4.78 is 23.2. The number of carbonyl (C=O) groups is 1. The first kappa shape index (κ1) is 16.1. The molecule has 23 heavy (non-hydrogen) atoms. The van der Waals surface area contributed by atoms with Gasteiger partial charge < -0.3 is 4.90 Å². The normalized spacial score (nSPS) is 15.2. The molecular formula is C15H17N3O3S2. The standard InChI is InChI=1S/C15H17N3O3S2/c1-18-7-6-12-13(9-18)22-15(16-12)17-14(19)10-4-3-5-11(8-10)23(2,20)21/h3-5,8H,6-7,9H2,1-2H3,(H,16,17,19).